The zero-order valence-electron chi connectivity index (χ0n) is 14.7. The lowest BCUT2D eigenvalue weighted by Gasteiger charge is -2.33. The highest BCUT2D eigenvalue weighted by molar-refractivity contribution is 9.10. The zero-order valence-corrected chi connectivity index (χ0v) is 17.9. The summed E-state index contributed by atoms with van der Waals surface area (Å²) in [6, 6.07) is 9.94. The monoisotopic (exact) mass is 489 g/mol. The van der Waals surface area contributed by atoms with E-state index in [0.717, 1.165) is 16.6 Å². The van der Waals surface area contributed by atoms with E-state index < -0.39 is 15.8 Å². The highest BCUT2D eigenvalue weighted by Gasteiger charge is 2.29. The zero-order chi connectivity index (χ0) is 20.3. The molecule has 0 bridgehead atoms. The van der Waals surface area contributed by atoms with Gasteiger partial charge in [0.25, 0.3) is 0 Å². The largest absolute Gasteiger partial charge is 0.324 e. The van der Waals surface area contributed by atoms with Crippen LogP contribution >= 0.6 is 27.5 Å². The summed E-state index contributed by atoms with van der Waals surface area (Å²) in [6.07, 6.45) is 0. The minimum atomic E-state index is -3.67. The van der Waals surface area contributed by atoms with Gasteiger partial charge in [-0.1, -0.05) is 27.5 Å². The van der Waals surface area contributed by atoms with Crippen LogP contribution in [0.25, 0.3) is 0 Å². The van der Waals surface area contributed by atoms with Crippen LogP contribution in [0.3, 0.4) is 0 Å². The Hall–Kier alpha value is -1.52. The molecule has 0 aromatic heterocycles. The summed E-state index contributed by atoms with van der Waals surface area (Å²) >= 11 is 9.40. The Morgan fingerprint density at radius 3 is 2.36 bits per heavy atom. The van der Waals surface area contributed by atoms with Crippen LogP contribution in [0.2, 0.25) is 5.02 Å². The molecule has 1 saturated heterocycles. The van der Waals surface area contributed by atoms with Gasteiger partial charge in [-0.05, 0) is 42.5 Å². The van der Waals surface area contributed by atoms with Crippen LogP contribution in [0, 0.1) is 5.82 Å². The molecule has 0 saturated carbocycles. The van der Waals surface area contributed by atoms with E-state index in [1.165, 1.54) is 16.4 Å². The van der Waals surface area contributed by atoms with Crippen LogP contribution in [-0.4, -0.2) is 56.3 Å². The van der Waals surface area contributed by atoms with E-state index in [0.29, 0.717) is 23.8 Å². The Labute approximate surface area is 176 Å². The molecule has 0 atom stereocenters. The molecular formula is C18H18BrClFN3O3S. The number of carbonyl (C=O) groups is 1. The minimum absolute atomic E-state index is 0.0602. The van der Waals surface area contributed by atoms with Crippen LogP contribution in [0.5, 0.6) is 0 Å². The molecule has 10 heteroatoms. The van der Waals surface area contributed by atoms with Gasteiger partial charge >= 0.3 is 0 Å². The number of halogens is 3. The van der Waals surface area contributed by atoms with Crippen molar-refractivity contribution in [2.45, 2.75) is 4.90 Å². The molecule has 1 aliphatic rings. The molecule has 0 radical (unpaired) electrons. The molecule has 1 N–H and O–H groups in total. The van der Waals surface area contributed by atoms with E-state index in [9.17, 15) is 17.6 Å². The molecule has 3 rings (SSSR count). The Morgan fingerprint density at radius 1 is 1.11 bits per heavy atom. The Balaban J connectivity index is 1.55. The number of nitrogens with zero attached hydrogens (tertiary/aromatic N) is 2. The van der Waals surface area contributed by atoms with Crippen molar-refractivity contribution in [3.63, 3.8) is 0 Å². The van der Waals surface area contributed by atoms with E-state index in [2.05, 4.69) is 21.2 Å². The van der Waals surface area contributed by atoms with Crippen molar-refractivity contribution < 1.29 is 17.6 Å². The number of rotatable bonds is 5. The molecule has 1 aliphatic heterocycles. The lowest BCUT2D eigenvalue weighted by molar-refractivity contribution is -0.117. The maximum atomic E-state index is 13.0. The fraction of sp³-hybridized carbons (Fsp3) is 0.278. The lowest BCUT2D eigenvalue weighted by atomic mass is 10.3. The first-order chi connectivity index (χ1) is 13.3. The van der Waals surface area contributed by atoms with Crippen LogP contribution in [0.4, 0.5) is 10.1 Å². The quantitative estimate of drug-likeness (QED) is 0.699. The first-order valence-corrected chi connectivity index (χ1v) is 11.1. The maximum Gasteiger partial charge on any atom is 0.243 e. The SMILES string of the molecule is O=C(CN1CCN(S(=O)(=O)c2ccc(F)cc2)CC1)Nc1ccc(Br)cc1Cl. The van der Waals surface area contributed by atoms with Crippen molar-refractivity contribution in [3.8, 4) is 0 Å². The van der Waals surface area contributed by atoms with Crippen molar-refractivity contribution in [1.29, 1.82) is 0 Å². The predicted octanol–water partition coefficient (Wildman–Crippen LogP) is 3.19. The van der Waals surface area contributed by atoms with Crippen LogP contribution in [0.15, 0.2) is 51.8 Å². The van der Waals surface area contributed by atoms with E-state index in [1.807, 2.05) is 4.90 Å². The molecule has 2 aromatic carbocycles. The maximum absolute atomic E-state index is 13.0. The van der Waals surface area contributed by atoms with Gasteiger partial charge in [-0.3, -0.25) is 9.69 Å². The number of anilines is 1. The van der Waals surface area contributed by atoms with Crippen molar-refractivity contribution in [3.05, 3.63) is 57.8 Å². The topological polar surface area (TPSA) is 69.7 Å². The normalized spacial score (nSPS) is 16.1. The third kappa shape index (κ3) is 5.09. The van der Waals surface area contributed by atoms with Crippen molar-refractivity contribution in [2.75, 3.05) is 38.0 Å². The van der Waals surface area contributed by atoms with Gasteiger partial charge in [-0.25, -0.2) is 12.8 Å². The molecule has 1 amide bonds. The summed E-state index contributed by atoms with van der Waals surface area (Å²) in [6.45, 7) is 1.48. The molecule has 0 unspecified atom stereocenters. The summed E-state index contributed by atoms with van der Waals surface area (Å²) in [5, 5.41) is 3.19. The second-order valence-electron chi connectivity index (χ2n) is 6.31. The third-order valence-corrected chi connectivity index (χ3v) is 7.07. The molecular weight excluding hydrogens is 473 g/mol. The van der Waals surface area contributed by atoms with Gasteiger partial charge in [0.2, 0.25) is 15.9 Å². The minimum Gasteiger partial charge on any atom is -0.324 e. The predicted molar refractivity (Wildman–Crippen MR) is 109 cm³/mol. The Bertz CT molecular complexity index is 965. The number of hydrogen-bond donors (Lipinski definition) is 1. The van der Waals surface area contributed by atoms with Gasteiger partial charge in [0, 0.05) is 30.7 Å². The van der Waals surface area contributed by atoms with Gasteiger partial charge in [0.1, 0.15) is 5.82 Å². The molecule has 1 heterocycles. The van der Waals surface area contributed by atoms with Gasteiger partial charge in [0.15, 0.2) is 0 Å². The van der Waals surface area contributed by atoms with E-state index in [4.69, 9.17) is 11.6 Å². The third-order valence-electron chi connectivity index (χ3n) is 4.36. The molecule has 0 aliphatic carbocycles. The van der Waals surface area contributed by atoms with Gasteiger partial charge in [0.05, 0.1) is 22.2 Å². The van der Waals surface area contributed by atoms with Crippen LogP contribution in [-0.2, 0) is 14.8 Å². The molecule has 6 nitrogen and oxygen atoms in total. The second kappa shape index (κ2) is 8.87. The first-order valence-electron chi connectivity index (χ1n) is 8.49. The smallest absolute Gasteiger partial charge is 0.243 e. The average Bonchev–Trinajstić information content (AvgIpc) is 2.65. The van der Waals surface area contributed by atoms with Gasteiger partial charge in [-0.2, -0.15) is 4.31 Å². The molecule has 150 valence electrons. The second-order valence-corrected chi connectivity index (χ2v) is 9.57. The van der Waals surface area contributed by atoms with Crippen molar-refractivity contribution in [2.24, 2.45) is 0 Å². The number of amides is 1. The number of hydrogen-bond acceptors (Lipinski definition) is 4. The number of piperazine rings is 1. The summed E-state index contributed by atoms with van der Waals surface area (Å²) in [5.41, 5.74) is 0.521. The number of nitrogens with one attached hydrogen (secondary N) is 1. The standard InChI is InChI=1S/C18H18BrClFN3O3S/c19-13-1-6-17(16(20)11-13)22-18(25)12-23-7-9-24(10-8-23)28(26,27)15-4-2-14(21)3-5-15/h1-6,11H,7-10,12H2,(H,22,25). The van der Waals surface area contributed by atoms with E-state index >= 15 is 0 Å². The highest BCUT2D eigenvalue weighted by atomic mass is 79.9. The van der Waals surface area contributed by atoms with Crippen LogP contribution < -0.4 is 5.32 Å². The average molecular weight is 491 g/mol. The number of benzene rings is 2. The highest BCUT2D eigenvalue weighted by Crippen LogP contribution is 2.25. The molecule has 2 aromatic rings. The number of carbonyl (C=O) groups excluding carboxylic acids is 1. The lowest BCUT2D eigenvalue weighted by Crippen LogP contribution is -2.50. The summed E-state index contributed by atoms with van der Waals surface area (Å²) in [4.78, 5) is 14.2. The van der Waals surface area contributed by atoms with Gasteiger partial charge < -0.3 is 5.32 Å². The summed E-state index contributed by atoms with van der Waals surface area (Å²) < 4.78 is 40.4. The van der Waals surface area contributed by atoms with Crippen molar-refractivity contribution >= 4 is 49.1 Å². The van der Waals surface area contributed by atoms with Crippen molar-refractivity contribution in [1.82, 2.24) is 9.21 Å². The molecule has 0 spiro atoms. The van der Waals surface area contributed by atoms with Crippen LogP contribution in [0.1, 0.15) is 0 Å². The number of sulfonamides is 1. The first kappa shape index (κ1) is 21.2. The summed E-state index contributed by atoms with van der Waals surface area (Å²) in [5.74, 6) is -0.709. The summed E-state index contributed by atoms with van der Waals surface area (Å²) in [7, 11) is -3.67. The Morgan fingerprint density at radius 2 is 1.75 bits per heavy atom. The fourth-order valence-corrected chi connectivity index (χ4v) is 5.01. The molecule has 1 fully saturated rings. The van der Waals surface area contributed by atoms with E-state index in [-0.39, 0.29) is 30.4 Å². The van der Waals surface area contributed by atoms with E-state index in [1.54, 1.807) is 18.2 Å². The fourth-order valence-electron chi connectivity index (χ4n) is 2.87. The molecule has 28 heavy (non-hydrogen) atoms. The van der Waals surface area contributed by atoms with Gasteiger partial charge in [-0.15, -0.1) is 0 Å². The Kier molecular flexibility index (Phi) is 6.72.